The smallest absolute Gasteiger partial charge is 0.316 e. The van der Waals surface area contributed by atoms with Crippen molar-refractivity contribution < 1.29 is 19.1 Å². The summed E-state index contributed by atoms with van der Waals surface area (Å²) < 4.78 is 5.32. The average molecular weight is 408 g/mol. The van der Waals surface area contributed by atoms with Gasteiger partial charge in [0.2, 0.25) is 5.91 Å². The zero-order valence-corrected chi connectivity index (χ0v) is 17.5. The van der Waals surface area contributed by atoms with Crippen molar-refractivity contribution in [2.24, 2.45) is 5.92 Å². The van der Waals surface area contributed by atoms with Crippen LogP contribution >= 0.6 is 0 Å². The lowest BCUT2D eigenvalue weighted by atomic mass is 9.85. The molecule has 0 atom stereocenters. The minimum atomic E-state index is -0.829. The maximum absolute atomic E-state index is 12.5. The second-order valence-electron chi connectivity index (χ2n) is 8.08. The molecule has 1 aliphatic heterocycles. The van der Waals surface area contributed by atoms with Crippen LogP contribution in [-0.2, 0) is 24.5 Å². The van der Waals surface area contributed by atoms with E-state index in [0.717, 1.165) is 11.3 Å². The fourth-order valence-electron chi connectivity index (χ4n) is 3.53. The fraction of sp³-hybridized carbons (Fsp3) is 0.375. The van der Waals surface area contributed by atoms with Gasteiger partial charge in [-0.05, 0) is 44.4 Å². The molecule has 2 aromatic carbocycles. The summed E-state index contributed by atoms with van der Waals surface area (Å²) in [6.45, 7) is 4.24. The van der Waals surface area contributed by atoms with Gasteiger partial charge in [0.15, 0.2) is 6.61 Å². The Balaban J connectivity index is 1.45. The van der Waals surface area contributed by atoms with Crippen molar-refractivity contribution in [3.05, 3.63) is 66.2 Å². The number of para-hydroxylation sites is 1. The van der Waals surface area contributed by atoms with E-state index in [1.165, 1.54) is 0 Å². The summed E-state index contributed by atoms with van der Waals surface area (Å²) in [5.41, 5.74) is 0.783. The predicted molar refractivity (Wildman–Crippen MR) is 115 cm³/mol. The van der Waals surface area contributed by atoms with Gasteiger partial charge >= 0.3 is 5.97 Å². The van der Waals surface area contributed by atoms with Gasteiger partial charge in [0.25, 0.3) is 5.91 Å². The Morgan fingerprint density at radius 2 is 1.53 bits per heavy atom. The molecule has 0 saturated carbocycles. The molecule has 0 aromatic heterocycles. The highest BCUT2D eigenvalue weighted by molar-refractivity contribution is 5.92. The summed E-state index contributed by atoms with van der Waals surface area (Å²) in [5.74, 6) is -0.813. The third-order valence-corrected chi connectivity index (χ3v) is 5.59. The Hall–Kier alpha value is -3.15. The van der Waals surface area contributed by atoms with Gasteiger partial charge < -0.3 is 15.0 Å². The maximum atomic E-state index is 12.5. The number of piperidine rings is 1. The molecule has 6 nitrogen and oxygen atoms in total. The summed E-state index contributed by atoms with van der Waals surface area (Å²) in [4.78, 5) is 39.1. The maximum Gasteiger partial charge on any atom is 0.316 e. The first-order valence-corrected chi connectivity index (χ1v) is 10.2. The Morgan fingerprint density at radius 3 is 2.13 bits per heavy atom. The van der Waals surface area contributed by atoms with Crippen molar-refractivity contribution in [3.63, 3.8) is 0 Å². The van der Waals surface area contributed by atoms with Crippen LogP contribution in [-0.4, -0.2) is 42.4 Å². The van der Waals surface area contributed by atoms with Gasteiger partial charge in [-0.25, -0.2) is 0 Å². The molecule has 2 aromatic rings. The zero-order chi connectivity index (χ0) is 21.6. The van der Waals surface area contributed by atoms with Crippen LogP contribution < -0.4 is 5.32 Å². The number of carbonyl (C=O) groups excluding carboxylic acids is 3. The van der Waals surface area contributed by atoms with Gasteiger partial charge in [0.1, 0.15) is 0 Å². The Morgan fingerprint density at radius 1 is 0.967 bits per heavy atom. The molecule has 0 aliphatic carbocycles. The fourth-order valence-corrected chi connectivity index (χ4v) is 3.53. The second-order valence-corrected chi connectivity index (χ2v) is 8.08. The number of esters is 1. The monoisotopic (exact) mass is 408 g/mol. The van der Waals surface area contributed by atoms with E-state index in [0.29, 0.717) is 25.9 Å². The van der Waals surface area contributed by atoms with Gasteiger partial charge in [0.05, 0.1) is 5.41 Å². The molecule has 0 bridgehead atoms. The summed E-state index contributed by atoms with van der Waals surface area (Å²) in [7, 11) is 0. The standard InChI is InChI=1S/C24H28N2O4/c1-24(2,19-9-5-3-6-10-19)23(29)30-17-21(27)26-15-13-18(14-16-26)22(28)25-20-11-7-4-8-12-20/h3-12,18H,13-17H2,1-2H3,(H,25,28). The molecule has 3 rings (SSSR count). The van der Waals surface area contributed by atoms with Crippen LogP contribution in [0.15, 0.2) is 60.7 Å². The molecule has 6 heteroatoms. The topological polar surface area (TPSA) is 75.7 Å². The molecule has 1 aliphatic rings. The first-order valence-electron chi connectivity index (χ1n) is 10.2. The first-order chi connectivity index (χ1) is 14.4. The summed E-state index contributed by atoms with van der Waals surface area (Å²) in [6, 6.07) is 18.7. The third-order valence-electron chi connectivity index (χ3n) is 5.59. The van der Waals surface area contributed by atoms with Gasteiger partial charge in [0, 0.05) is 24.7 Å². The van der Waals surface area contributed by atoms with Gasteiger partial charge in [-0.15, -0.1) is 0 Å². The van der Waals surface area contributed by atoms with E-state index in [2.05, 4.69) is 5.32 Å². The van der Waals surface area contributed by atoms with E-state index < -0.39 is 11.4 Å². The predicted octanol–water partition coefficient (Wildman–Crippen LogP) is 3.38. The van der Waals surface area contributed by atoms with E-state index >= 15 is 0 Å². The lowest BCUT2D eigenvalue weighted by Crippen LogP contribution is -2.44. The van der Waals surface area contributed by atoms with Crippen molar-refractivity contribution >= 4 is 23.5 Å². The van der Waals surface area contributed by atoms with Crippen LogP contribution in [0.5, 0.6) is 0 Å². The minimum absolute atomic E-state index is 0.0238. The Bertz CT molecular complexity index is 873. The molecule has 158 valence electrons. The largest absolute Gasteiger partial charge is 0.455 e. The quantitative estimate of drug-likeness (QED) is 0.744. The molecule has 1 heterocycles. The van der Waals surface area contributed by atoms with Gasteiger partial charge in [-0.3, -0.25) is 14.4 Å². The summed E-state index contributed by atoms with van der Waals surface area (Å²) >= 11 is 0. The molecule has 1 N–H and O–H groups in total. The van der Waals surface area contributed by atoms with Crippen molar-refractivity contribution in [1.82, 2.24) is 4.90 Å². The van der Waals surface area contributed by atoms with Crippen LogP contribution in [0.3, 0.4) is 0 Å². The molecule has 0 radical (unpaired) electrons. The normalized spacial score (nSPS) is 14.8. The van der Waals surface area contributed by atoms with Gasteiger partial charge in [-0.2, -0.15) is 0 Å². The number of benzene rings is 2. The highest BCUT2D eigenvalue weighted by Gasteiger charge is 2.33. The number of hydrogen-bond acceptors (Lipinski definition) is 4. The number of nitrogens with one attached hydrogen (secondary N) is 1. The van der Waals surface area contributed by atoms with Crippen molar-refractivity contribution in [2.45, 2.75) is 32.1 Å². The molecule has 2 amide bonds. The Labute approximate surface area is 177 Å². The van der Waals surface area contributed by atoms with E-state index in [-0.39, 0.29) is 24.3 Å². The second kappa shape index (κ2) is 9.57. The highest BCUT2D eigenvalue weighted by Crippen LogP contribution is 2.25. The Kier molecular flexibility index (Phi) is 6.87. The number of amides is 2. The number of ether oxygens (including phenoxy) is 1. The first kappa shape index (κ1) is 21.6. The average Bonchev–Trinajstić information content (AvgIpc) is 2.78. The third kappa shape index (κ3) is 5.26. The van der Waals surface area contributed by atoms with Crippen LogP contribution in [0.25, 0.3) is 0 Å². The molecule has 1 fully saturated rings. The zero-order valence-electron chi connectivity index (χ0n) is 17.5. The van der Waals surface area contributed by atoms with Crippen LogP contribution in [0.1, 0.15) is 32.3 Å². The summed E-state index contributed by atoms with van der Waals surface area (Å²) in [6.07, 6.45) is 1.18. The minimum Gasteiger partial charge on any atom is -0.455 e. The number of hydrogen-bond donors (Lipinski definition) is 1. The number of nitrogens with zero attached hydrogens (tertiary/aromatic N) is 1. The number of carbonyl (C=O) groups is 3. The van der Waals surface area contributed by atoms with Crippen molar-refractivity contribution in [2.75, 3.05) is 25.0 Å². The molecular weight excluding hydrogens is 380 g/mol. The van der Waals surface area contributed by atoms with Crippen LogP contribution in [0.4, 0.5) is 5.69 Å². The molecule has 0 spiro atoms. The van der Waals surface area contributed by atoms with Gasteiger partial charge in [-0.1, -0.05) is 48.5 Å². The molecule has 30 heavy (non-hydrogen) atoms. The van der Waals surface area contributed by atoms with Crippen molar-refractivity contribution in [1.29, 1.82) is 0 Å². The van der Waals surface area contributed by atoms with Crippen molar-refractivity contribution in [3.8, 4) is 0 Å². The van der Waals surface area contributed by atoms with E-state index in [1.54, 1.807) is 18.7 Å². The van der Waals surface area contributed by atoms with E-state index in [4.69, 9.17) is 4.74 Å². The van der Waals surface area contributed by atoms with Crippen LogP contribution in [0.2, 0.25) is 0 Å². The van der Waals surface area contributed by atoms with E-state index in [1.807, 2.05) is 60.7 Å². The lowest BCUT2D eigenvalue weighted by Gasteiger charge is -2.31. The van der Waals surface area contributed by atoms with Crippen LogP contribution in [0, 0.1) is 5.92 Å². The summed E-state index contributed by atoms with van der Waals surface area (Å²) in [5, 5.41) is 2.92. The molecular formula is C24H28N2O4. The number of likely N-dealkylation sites (tertiary alicyclic amines) is 1. The van der Waals surface area contributed by atoms with E-state index in [9.17, 15) is 14.4 Å². The molecule has 0 unspecified atom stereocenters. The number of anilines is 1. The molecule has 1 saturated heterocycles. The number of rotatable bonds is 6. The lowest BCUT2D eigenvalue weighted by molar-refractivity contribution is -0.156. The SMILES string of the molecule is CC(C)(C(=O)OCC(=O)N1CCC(C(=O)Nc2ccccc2)CC1)c1ccccc1. The highest BCUT2D eigenvalue weighted by atomic mass is 16.5.